The molecule has 124 valence electrons. The lowest BCUT2D eigenvalue weighted by Gasteiger charge is -2.09. The van der Waals surface area contributed by atoms with E-state index in [0.29, 0.717) is 16.2 Å². The smallest absolute Gasteiger partial charge is 0.259 e. The molecule has 0 radical (unpaired) electrons. The maximum absolute atomic E-state index is 12.8. The van der Waals surface area contributed by atoms with Crippen molar-refractivity contribution in [2.75, 3.05) is 5.32 Å². The number of rotatable bonds is 3. The predicted octanol–water partition coefficient (Wildman–Crippen LogP) is 4.68. The summed E-state index contributed by atoms with van der Waals surface area (Å²) in [6, 6.07) is 5.90. The van der Waals surface area contributed by atoms with E-state index < -0.39 is 0 Å². The van der Waals surface area contributed by atoms with Gasteiger partial charge in [-0.05, 0) is 43.2 Å². The van der Waals surface area contributed by atoms with Gasteiger partial charge in [0.25, 0.3) is 5.91 Å². The van der Waals surface area contributed by atoms with Gasteiger partial charge in [-0.2, -0.15) is 0 Å². The summed E-state index contributed by atoms with van der Waals surface area (Å²) in [7, 11) is 0. The number of anilines is 1. The van der Waals surface area contributed by atoms with Crippen molar-refractivity contribution in [2.45, 2.75) is 13.8 Å². The van der Waals surface area contributed by atoms with Crippen LogP contribution in [0, 0.1) is 13.8 Å². The minimum atomic E-state index is -0.200. The second-order valence-electron chi connectivity index (χ2n) is 5.66. The molecule has 3 aromatic heterocycles. The Morgan fingerprint density at radius 2 is 2.08 bits per heavy atom. The number of aromatic nitrogens is 3. The number of hydrogen-bond acceptors (Lipinski definition) is 6. The topological polar surface area (TPSA) is 67.8 Å². The van der Waals surface area contributed by atoms with Crippen molar-refractivity contribution < 1.29 is 4.79 Å². The zero-order valence-electron chi connectivity index (χ0n) is 13.6. The van der Waals surface area contributed by atoms with Crippen LogP contribution in [0.5, 0.6) is 0 Å². The van der Waals surface area contributed by atoms with Crippen molar-refractivity contribution >= 4 is 43.9 Å². The minimum absolute atomic E-state index is 0.200. The minimum Gasteiger partial charge on any atom is -0.298 e. The molecule has 0 aliphatic rings. The zero-order valence-corrected chi connectivity index (χ0v) is 15.2. The van der Waals surface area contributed by atoms with Crippen LogP contribution in [0.2, 0.25) is 0 Å². The fourth-order valence-electron chi connectivity index (χ4n) is 2.64. The first-order chi connectivity index (χ1) is 12.1. The van der Waals surface area contributed by atoms with Crippen molar-refractivity contribution in [3.63, 3.8) is 0 Å². The number of amides is 1. The molecule has 0 fully saturated rings. The van der Waals surface area contributed by atoms with Crippen molar-refractivity contribution in [1.82, 2.24) is 15.0 Å². The van der Waals surface area contributed by atoms with Crippen LogP contribution in [0.1, 0.15) is 21.6 Å². The molecule has 0 saturated heterocycles. The molecule has 4 aromatic rings. The number of carbonyl (C=O) groups excluding carboxylic acids is 1. The van der Waals surface area contributed by atoms with Gasteiger partial charge in [0, 0.05) is 23.3 Å². The number of pyridine rings is 1. The van der Waals surface area contributed by atoms with Crippen molar-refractivity contribution in [3.8, 4) is 11.1 Å². The summed E-state index contributed by atoms with van der Waals surface area (Å²) in [6.45, 7) is 3.93. The molecule has 1 N–H and O–H groups in total. The molecule has 5 nitrogen and oxygen atoms in total. The second kappa shape index (κ2) is 6.34. The van der Waals surface area contributed by atoms with E-state index in [-0.39, 0.29) is 5.91 Å². The van der Waals surface area contributed by atoms with Crippen LogP contribution in [-0.2, 0) is 0 Å². The number of fused-ring (bicyclic) bond motifs is 1. The average molecular weight is 366 g/mol. The first kappa shape index (κ1) is 15.9. The molecule has 25 heavy (non-hydrogen) atoms. The Morgan fingerprint density at radius 1 is 1.20 bits per heavy atom. The van der Waals surface area contributed by atoms with Gasteiger partial charge >= 0.3 is 0 Å². The fraction of sp³-hybridized carbons (Fsp3) is 0.111. The van der Waals surface area contributed by atoms with E-state index in [0.717, 1.165) is 27.1 Å². The first-order valence-electron chi connectivity index (χ1n) is 7.63. The normalized spacial score (nSPS) is 11.0. The molecule has 1 amide bonds. The second-order valence-corrected chi connectivity index (χ2v) is 7.41. The molecule has 4 rings (SSSR count). The van der Waals surface area contributed by atoms with Crippen LogP contribution in [-0.4, -0.2) is 20.9 Å². The number of benzene rings is 1. The van der Waals surface area contributed by atoms with Gasteiger partial charge in [0.2, 0.25) is 0 Å². The Kier molecular flexibility index (Phi) is 4.03. The highest BCUT2D eigenvalue weighted by Crippen LogP contribution is 2.31. The van der Waals surface area contributed by atoms with Crippen LogP contribution in [0.25, 0.3) is 21.3 Å². The largest absolute Gasteiger partial charge is 0.298 e. The molecule has 3 heterocycles. The van der Waals surface area contributed by atoms with Gasteiger partial charge in [-0.15, -0.1) is 22.7 Å². The van der Waals surface area contributed by atoms with Gasteiger partial charge < -0.3 is 0 Å². The number of carbonyl (C=O) groups is 1. The van der Waals surface area contributed by atoms with Gasteiger partial charge in [-0.25, -0.2) is 9.97 Å². The molecule has 0 aliphatic carbocycles. The molecule has 0 bridgehead atoms. The van der Waals surface area contributed by atoms with Gasteiger partial charge in [-0.1, -0.05) is 0 Å². The van der Waals surface area contributed by atoms with E-state index in [1.54, 1.807) is 11.7 Å². The molecule has 0 unspecified atom stereocenters. The Balaban J connectivity index is 1.81. The lowest BCUT2D eigenvalue weighted by molar-refractivity contribution is 0.102. The highest BCUT2D eigenvalue weighted by molar-refractivity contribution is 7.16. The molecule has 7 heteroatoms. The summed E-state index contributed by atoms with van der Waals surface area (Å²) in [5, 5.41) is 5.37. The zero-order chi connectivity index (χ0) is 17.4. The third kappa shape index (κ3) is 3.04. The monoisotopic (exact) mass is 366 g/mol. The maximum atomic E-state index is 12.8. The third-order valence-electron chi connectivity index (χ3n) is 3.87. The molecular weight excluding hydrogens is 352 g/mol. The lowest BCUT2D eigenvalue weighted by Crippen LogP contribution is -2.12. The Bertz CT molecular complexity index is 1080. The molecular formula is C18H14N4OS2. The van der Waals surface area contributed by atoms with E-state index >= 15 is 0 Å². The van der Waals surface area contributed by atoms with Crippen LogP contribution in [0.15, 0.2) is 41.5 Å². The maximum Gasteiger partial charge on any atom is 0.259 e. The quantitative estimate of drug-likeness (QED) is 0.571. The number of nitrogens with one attached hydrogen (secondary N) is 1. The molecule has 0 atom stereocenters. The van der Waals surface area contributed by atoms with Crippen LogP contribution < -0.4 is 5.32 Å². The van der Waals surface area contributed by atoms with Crippen LogP contribution in [0.3, 0.4) is 0 Å². The predicted molar refractivity (Wildman–Crippen MR) is 102 cm³/mol. The van der Waals surface area contributed by atoms with E-state index in [2.05, 4.69) is 26.3 Å². The molecule has 0 saturated carbocycles. The SMILES string of the molecule is Cc1csc(NC(=O)c2cc(-c3cnccc3C)cc3scnc23)n1. The van der Waals surface area contributed by atoms with Crippen molar-refractivity contribution in [3.05, 3.63) is 58.3 Å². The number of aryl methyl sites for hydroxylation is 2. The van der Waals surface area contributed by atoms with E-state index in [1.807, 2.05) is 37.6 Å². The fourth-order valence-corrected chi connectivity index (χ4v) is 4.06. The number of thiazole rings is 2. The van der Waals surface area contributed by atoms with Gasteiger partial charge in [0.15, 0.2) is 5.13 Å². The summed E-state index contributed by atoms with van der Waals surface area (Å²) in [6.07, 6.45) is 3.59. The standard InChI is InChI=1S/C18H14N4OS2/c1-10-3-4-19-7-14(10)12-5-13(16-15(6-12)25-9-20-16)17(23)22-18-21-11(2)8-24-18/h3-9H,1-2H3,(H,21,22,23). The Morgan fingerprint density at radius 3 is 2.84 bits per heavy atom. The number of nitrogens with zero attached hydrogens (tertiary/aromatic N) is 3. The van der Waals surface area contributed by atoms with Crippen LogP contribution in [0.4, 0.5) is 5.13 Å². The van der Waals surface area contributed by atoms with E-state index in [9.17, 15) is 4.79 Å². The van der Waals surface area contributed by atoms with Crippen LogP contribution >= 0.6 is 22.7 Å². The summed E-state index contributed by atoms with van der Waals surface area (Å²) in [5.74, 6) is -0.200. The summed E-state index contributed by atoms with van der Waals surface area (Å²) in [4.78, 5) is 25.7. The van der Waals surface area contributed by atoms with Gasteiger partial charge in [-0.3, -0.25) is 15.1 Å². The Labute approximate surface area is 152 Å². The van der Waals surface area contributed by atoms with Gasteiger partial charge in [0.05, 0.1) is 27.0 Å². The summed E-state index contributed by atoms with van der Waals surface area (Å²) < 4.78 is 0.973. The van der Waals surface area contributed by atoms with Gasteiger partial charge in [0.1, 0.15) is 0 Å². The Hall–Kier alpha value is -2.64. The molecule has 0 spiro atoms. The van der Waals surface area contributed by atoms with Crippen molar-refractivity contribution in [1.29, 1.82) is 0 Å². The average Bonchev–Trinajstić information content (AvgIpc) is 3.23. The molecule has 1 aromatic carbocycles. The number of hydrogen-bond donors (Lipinski definition) is 1. The highest BCUT2D eigenvalue weighted by atomic mass is 32.1. The van der Waals surface area contributed by atoms with Crippen molar-refractivity contribution in [2.24, 2.45) is 0 Å². The van der Waals surface area contributed by atoms with E-state index in [4.69, 9.17) is 0 Å². The first-order valence-corrected chi connectivity index (χ1v) is 9.39. The van der Waals surface area contributed by atoms with E-state index in [1.165, 1.54) is 22.7 Å². The third-order valence-corrected chi connectivity index (χ3v) is 5.52. The summed E-state index contributed by atoms with van der Waals surface area (Å²) >= 11 is 2.93. The summed E-state index contributed by atoms with van der Waals surface area (Å²) in [5.41, 5.74) is 6.99. The molecule has 0 aliphatic heterocycles. The highest BCUT2D eigenvalue weighted by Gasteiger charge is 2.17. The lowest BCUT2D eigenvalue weighted by atomic mass is 10.00.